The number of benzene rings is 2. The molecule has 3 rings (SSSR count). The molecule has 0 saturated heterocycles. The van der Waals surface area contributed by atoms with Crippen molar-refractivity contribution < 1.29 is 0 Å². The lowest BCUT2D eigenvalue weighted by atomic mass is 10.0. The average Bonchev–Trinajstić information content (AvgIpc) is 2.89. The minimum atomic E-state index is 0.388. The molecule has 2 heteroatoms. The molecule has 0 aromatic heterocycles. The monoisotopic (exact) mass is 268 g/mol. The van der Waals surface area contributed by atoms with Crippen LogP contribution in [0, 0.1) is 5.92 Å². The first kappa shape index (κ1) is 13.4. The van der Waals surface area contributed by atoms with Crippen molar-refractivity contribution in [3.8, 4) is 0 Å². The zero-order valence-corrected chi connectivity index (χ0v) is 12.3. The van der Waals surface area contributed by atoms with Crippen LogP contribution in [0.3, 0.4) is 0 Å². The molecule has 1 saturated carbocycles. The highest BCUT2D eigenvalue weighted by atomic mass is 15.1. The fraction of sp³-hybridized carbons (Fsp3) is 0.444. The zero-order chi connectivity index (χ0) is 13.9. The van der Waals surface area contributed by atoms with Crippen LogP contribution in [0.25, 0.3) is 10.8 Å². The molecule has 2 aromatic rings. The SMILES string of the molecule is CCN(CC1CCCC1N)c1cccc2ccccc12. The molecule has 2 atom stereocenters. The summed E-state index contributed by atoms with van der Waals surface area (Å²) in [6.45, 7) is 4.37. The maximum absolute atomic E-state index is 6.25. The van der Waals surface area contributed by atoms with Crippen LogP contribution in [0.15, 0.2) is 42.5 Å². The minimum absolute atomic E-state index is 0.388. The Morgan fingerprint density at radius 1 is 1.10 bits per heavy atom. The Hall–Kier alpha value is -1.54. The topological polar surface area (TPSA) is 29.3 Å². The summed E-state index contributed by atoms with van der Waals surface area (Å²) >= 11 is 0. The summed E-state index contributed by atoms with van der Waals surface area (Å²) in [5.74, 6) is 0.647. The number of nitrogens with two attached hydrogens (primary N) is 1. The highest BCUT2D eigenvalue weighted by Crippen LogP contribution is 2.30. The third-order valence-corrected chi connectivity index (χ3v) is 4.66. The van der Waals surface area contributed by atoms with Gasteiger partial charge in [-0.3, -0.25) is 0 Å². The van der Waals surface area contributed by atoms with E-state index in [1.807, 2.05) is 0 Å². The molecular weight excluding hydrogens is 244 g/mol. The van der Waals surface area contributed by atoms with Crippen molar-refractivity contribution in [1.29, 1.82) is 0 Å². The molecule has 0 spiro atoms. The van der Waals surface area contributed by atoms with E-state index in [4.69, 9.17) is 5.73 Å². The van der Waals surface area contributed by atoms with Crippen LogP contribution in [-0.2, 0) is 0 Å². The standard InChI is InChI=1S/C18H24N2/c1-2-20(13-15-9-5-11-17(15)19)18-12-6-8-14-7-3-4-10-16(14)18/h3-4,6-8,10,12,15,17H,2,5,9,11,13,19H2,1H3. The predicted octanol–water partition coefficient (Wildman–Crippen LogP) is 3.79. The Morgan fingerprint density at radius 2 is 1.90 bits per heavy atom. The fourth-order valence-corrected chi connectivity index (χ4v) is 3.46. The van der Waals surface area contributed by atoms with Gasteiger partial charge >= 0.3 is 0 Å². The van der Waals surface area contributed by atoms with E-state index in [0.29, 0.717) is 12.0 Å². The van der Waals surface area contributed by atoms with Crippen LogP contribution in [0.5, 0.6) is 0 Å². The maximum atomic E-state index is 6.25. The van der Waals surface area contributed by atoms with Crippen molar-refractivity contribution in [3.05, 3.63) is 42.5 Å². The zero-order valence-electron chi connectivity index (χ0n) is 12.3. The van der Waals surface area contributed by atoms with E-state index in [0.717, 1.165) is 13.1 Å². The Morgan fingerprint density at radius 3 is 2.65 bits per heavy atom. The largest absolute Gasteiger partial charge is 0.371 e. The lowest BCUT2D eigenvalue weighted by Gasteiger charge is -2.29. The summed E-state index contributed by atoms with van der Waals surface area (Å²) < 4.78 is 0. The normalized spacial score (nSPS) is 22.3. The Balaban J connectivity index is 1.91. The molecule has 2 unspecified atom stereocenters. The number of anilines is 1. The highest BCUT2D eigenvalue weighted by Gasteiger charge is 2.26. The van der Waals surface area contributed by atoms with E-state index in [-0.39, 0.29) is 0 Å². The van der Waals surface area contributed by atoms with Crippen molar-refractivity contribution in [1.82, 2.24) is 0 Å². The Labute approximate surface area is 121 Å². The molecular formula is C18H24N2. The van der Waals surface area contributed by atoms with Crippen molar-refractivity contribution in [3.63, 3.8) is 0 Å². The molecule has 1 fully saturated rings. The van der Waals surface area contributed by atoms with Crippen LogP contribution in [0.2, 0.25) is 0 Å². The van der Waals surface area contributed by atoms with Crippen LogP contribution >= 0.6 is 0 Å². The second kappa shape index (κ2) is 5.84. The molecule has 1 aliphatic rings. The summed E-state index contributed by atoms with van der Waals surface area (Å²) in [5, 5.41) is 2.67. The van der Waals surface area contributed by atoms with Crippen LogP contribution < -0.4 is 10.6 Å². The van der Waals surface area contributed by atoms with Gasteiger partial charge in [0.2, 0.25) is 0 Å². The minimum Gasteiger partial charge on any atom is -0.371 e. The smallest absolute Gasteiger partial charge is 0.0445 e. The van der Waals surface area contributed by atoms with E-state index < -0.39 is 0 Å². The van der Waals surface area contributed by atoms with E-state index >= 15 is 0 Å². The molecule has 0 aliphatic heterocycles. The molecule has 1 aliphatic carbocycles. The molecule has 0 radical (unpaired) electrons. The van der Waals surface area contributed by atoms with Gasteiger partial charge in [-0.2, -0.15) is 0 Å². The van der Waals surface area contributed by atoms with Crippen LogP contribution in [0.4, 0.5) is 5.69 Å². The Bertz CT molecular complexity index is 573. The van der Waals surface area contributed by atoms with Gasteiger partial charge < -0.3 is 10.6 Å². The van der Waals surface area contributed by atoms with E-state index in [1.165, 1.54) is 35.7 Å². The van der Waals surface area contributed by atoms with Crippen LogP contribution in [-0.4, -0.2) is 19.1 Å². The number of rotatable bonds is 4. The van der Waals surface area contributed by atoms with Gasteiger partial charge in [0, 0.05) is 30.2 Å². The third kappa shape index (κ3) is 2.53. The molecule has 106 valence electrons. The summed E-state index contributed by atoms with van der Waals surface area (Å²) in [6, 6.07) is 15.6. The average molecular weight is 268 g/mol. The first-order chi connectivity index (χ1) is 9.79. The van der Waals surface area contributed by atoms with Crippen molar-refractivity contribution >= 4 is 16.5 Å². The number of nitrogens with zero attached hydrogens (tertiary/aromatic N) is 1. The van der Waals surface area contributed by atoms with Gasteiger partial charge in [0.05, 0.1) is 0 Å². The molecule has 0 amide bonds. The third-order valence-electron chi connectivity index (χ3n) is 4.66. The second-order valence-corrected chi connectivity index (χ2v) is 5.89. The van der Waals surface area contributed by atoms with Crippen molar-refractivity contribution in [2.75, 3.05) is 18.0 Å². The second-order valence-electron chi connectivity index (χ2n) is 5.89. The quantitative estimate of drug-likeness (QED) is 0.914. The molecule has 2 nitrogen and oxygen atoms in total. The number of hydrogen-bond donors (Lipinski definition) is 1. The van der Waals surface area contributed by atoms with E-state index in [2.05, 4.69) is 54.3 Å². The first-order valence-corrected chi connectivity index (χ1v) is 7.78. The predicted molar refractivity (Wildman–Crippen MR) is 87.2 cm³/mol. The van der Waals surface area contributed by atoms with Gasteiger partial charge in [-0.15, -0.1) is 0 Å². The van der Waals surface area contributed by atoms with Gasteiger partial charge in [-0.25, -0.2) is 0 Å². The lowest BCUT2D eigenvalue weighted by Crippen LogP contribution is -2.36. The molecule has 0 heterocycles. The highest BCUT2D eigenvalue weighted by molar-refractivity contribution is 5.94. The maximum Gasteiger partial charge on any atom is 0.0445 e. The van der Waals surface area contributed by atoms with Gasteiger partial charge in [-0.1, -0.05) is 42.8 Å². The van der Waals surface area contributed by atoms with Gasteiger partial charge in [0.15, 0.2) is 0 Å². The van der Waals surface area contributed by atoms with Gasteiger partial charge in [0.1, 0.15) is 0 Å². The van der Waals surface area contributed by atoms with Gasteiger partial charge in [0.25, 0.3) is 0 Å². The van der Waals surface area contributed by atoms with E-state index in [1.54, 1.807) is 0 Å². The molecule has 0 bridgehead atoms. The summed E-state index contributed by atoms with van der Waals surface area (Å²) in [7, 11) is 0. The summed E-state index contributed by atoms with van der Waals surface area (Å²) in [4.78, 5) is 2.50. The van der Waals surface area contributed by atoms with Crippen molar-refractivity contribution in [2.24, 2.45) is 11.7 Å². The van der Waals surface area contributed by atoms with E-state index in [9.17, 15) is 0 Å². The van der Waals surface area contributed by atoms with Gasteiger partial charge in [-0.05, 0) is 37.1 Å². The molecule has 2 aromatic carbocycles. The molecule has 20 heavy (non-hydrogen) atoms. The number of hydrogen-bond acceptors (Lipinski definition) is 2. The van der Waals surface area contributed by atoms with Crippen molar-refractivity contribution in [2.45, 2.75) is 32.2 Å². The first-order valence-electron chi connectivity index (χ1n) is 7.78. The number of fused-ring (bicyclic) bond motifs is 1. The lowest BCUT2D eigenvalue weighted by molar-refractivity contribution is 0.476. The fourth-order valence-electron chi connectivity index (χ4n) is 3.46. The summed E-state index contributed by atoms with van der Waals surface area (Å²) in [5.41, 5.74) is 7.60. The summed E-state index contributed by atoms with van der Waals surface area (Å²) in [6.07, 6.45) is 3.76. The molecule has 2 N–H and O–H groups in total. The van der Waals surface area contributed by atoms with Crippen LogP contribution in [0.1, 0.15) is 26.2 Å². The Kier molecular flexibility index (Phi) is 3.93.